The van der Waals surface area contributed by atoms with E-state index < -0.39 is 5.97 Å². The molecule has 1 unspecified atom stereocenters. The Morgan fingerprint density at radius 3 is 2.73 bits per heavy atom. The summed E-state index contributed by atoms with van der Waals surface area (Å²) in [5.41, 5.74) is 1.25. The van der Waals surface area contributed by atoms with Crippen molar-refractivity contribution >= 4 is 21.9 Å². The lowest BCUT2D eigenvalue weighted by molar-refractivity contribution is -0.137. The highest BCUT2D eigenvalue weighted by molar-refractivity contribution is 9.10. The normalized spacial score (nSPS) is 12.5. The summed E-state index contributed by atoms with van der Waals surface area (Å²) >= 11 is 3.30. The quantitative estimate of drug-likeness (QED) is 0.917. The second kappa shape index (κ2) is 4.75. The maximum Gasteiger partial charge on any atom is 0.303 e. The van der Waals surface area contributed by atoms with Crippen LogP contribution in [-0.2, 0) is 4.79 Å². The van der Waals surface area contributed by atoms with E-state index in [1.807, 2.05) is 0 Å². The molecule has 0 aliphatic heterocycles. The zero-order chi connectivity index (χ0) is 11.6. The molecule has 0 bridgehead atoms. The second-order valence-corrected chi connectivity index (χ2v) is 4.42. The van der Waals surface area contributed by atoms with Crippen molar-refractivity contribution in [2.24, 2.45) is 0 Å². The number of aliphatic carboxylic acids is 1. The number of benzene rings is 1. The van der Waals surface area contributed by atoms with Gasteiger partial charge in [-0.15, -0.1) is 0 Å². The monoisotopic (exact) mass is 274 g/mol. The highest BCUT2D eigenvalue weighted by atomic mass is 79.9. The Morgan fingerprint density at radius 2 is 2.20 bits per heavy atom. The largest absolute Gasteiger partial charge is 0.481 e. The van der Waals surface area contributed by atoms with E-state index in [2.05, 4.69) is 15.9 Å². The zero-order valence-electron chi connectivity index (χ0n) is 8.55. The Hall–Kier alpha value is -0.900. The van der Waals surface area contributed by atoms with E-state index in [-0.39, 0.29) is 18.2 Å². The molecule has 0 fully saturated rings. The summed E-state index contributed by atoms with van der Waals surface area (Å²) < 4.78 is 14.3. The van der Waals surface area contributed by atoms with Gasteiger partial charge in [0.25, 0.3) is 0 Å². The van der Waals surface area contributed by atoms with Crippen molar-refractivity contribution in [2.45, 2.75) is 26.2 Å². The summed E-state index contributed by atoms with van der Waals surface area (Å²) in [6.07, 6.45) is -0.0613. The Kier molecular flexibility index (Phi) is 3.85. The van der Waals surface area contributed by atoms with Crippen LogP contribution in [-0.4, -0.2) is 11.1 Å². The molecule has 4 heteroatoms. The molecule has 0 aliphatic rings. The Bertz CT molecular complexity index is 390. The third-order valence-electron chi connectivity index (χ3n) is 2.37. The van der Waals surface area contributed by atoms with Gasteiger partial charge in [-0.05, 0) is 36.1 Å². The van der Waals surface area contributed by atoms with Crippen molar-refractivity contribution in [2.75, 3.05) is 0 Å². The van der Waals surface area contributed by atoms with Gasteiger partial charge in [-0.3, -0.25) is 4.79 Å². The van der Waals surface area contributed by atoms with Gasteiger partial charge in [0.15, 0.2) is 0 Å². The van der Waals surface area contributed by atoms with Gasteiger partial charge >= 0.3 is 5.97 Å². The molecule has 0 aromatic heterocycles. The predicted octanol–water partition coefficient (Wildman–Crippen LogP) is 3.47. The van der Waals surface area contributed by atoms with Crippen LogP contribution < -0.4 is 0 Å². The van der Waals surface area contributed by atoms with Crippen LogP contribution in [0.25, 0.3) is 0 Å². The van der Waals surface area contributed by atoms with Gasteiger partial charge in [-0.25, -0.2) is 4.39 Å². The molecular formula is C11H12BrFO2. The van der Waals surface area contributed by atoms with Crippen molar-refractivity contribution in [1.82, 2.24) is 0 Å². The van der Waals surface area contributed by atoms with E-state index in [0.717, 1.165) is 10.0 Å². The molecule has 2 nitrogen and oxygen atoms in total. The molecule has 0 heterocycles. The number of carboxylic acid groups (broad SMARTS) is 1. The van der Waals surface area contributed by atoms with E-state index >= 15 is 0 Å². The third kappa shape index (κ3) is 2.78. The van der Waals surface area contributed by atoms with Crippen LogP contribution in [0.15, 0.2) is 16.6 Å². The van der Waals surface area contributed by atoms with Gasteiger partial charge in [0, 0.05) is 4.47 Å². The van der Waals surface area contributed by atoms with Crippen LogP contribution in [0, 0.1) is 12.7 Å². The molecule has 0 saturated heterocycles. The van der Waals surface area contributed by atoms with Crippen LogP contribution in [0.4, 0.5) is 4.39 Å². The fourth-order valence-corrected chi connectivity index (χ4v) is 1.98. The molecule has 0 amide bonds. The first-order valence-corrected chi connectivity index (χ1v) is 5.39. The standard InChI is InChI=1S/C11H12BrFO2/c1-6(5-10(14)15)11-7(2)8(12)3-4-9(11)13/h3-4,6H,5H2,1-2H3,(H,14,15). The molecule has 0 spiro atoms. The number of carbonyl (C=O) groups is 1. The van der Waals surface area contributed by atoms with E-state index in [9.17, 15) is 9.18 Å². The summed E-state index contributed by atoms with van der Waals surface area (Å²) in [7, 11) is 0. The SMILES string of the molecule is Cc1c(Br)ccc(F)c1C(C)CC(=O)O. The molecule has 0 saturated carbocycles. The van der Waals surface area contributed by atoms with Crippen LogP contribution in [0.2, 0.25) is 0 Å². The summed E-state index contributed by atoms with van der Waals surface area (Å²) in [5.74, 6) is -1.58. The van der Waals surface area contributed by atoms with Crippen LogP contribution in [0.1, 0.15) is 30.4 Å². The fourth-order valence-electron chi connectivity index (χ4n) is 1.64. The molecule has 1 rings (SSSR count). The highest BCUT2D eigenvalue weighted by Gasteiger charge is 2.17. The average Bonchev–Trinajstić information content (AvgIpc) is 2.11. The number of hydrogen-bond acceptors (Lipinski definition) is 1. The van der Waals surface area contributed by atoms with Crippen molar-refractivity contribution < 1.29 is 14.3 Å². The molecule has 1 N–H and O–H groups in total. The smallest absolute Gasteiger partial charge is 0.303 e. The van der Waals surface area contributed by atoms with Crippen LogP contribution >= 0.6 is 15.9 Å². The Labute approximate surface area is 96.2 Å². The van der Waals surface area contributed by atoms with Gasteiger partial charge in [0.1, 0.15) is 5.82 Å². The lowest BCUT2D eigenvalue weighted by Gasteiger charge is -2.14. The van der Waals surface area contributed by atoms with Gasteiger partial charge in [0.05, 0.1) is 6.42 Å². The van der Waals surface area contributed by atoms with E-state index in [4.69, 9.17) is 5.11 Å². The number of halogens is 2. The molecule has 0 aliphatic carbocycles. The van der Waals surface area contributed by atoms with Crippen molar-refractivity contribution in [3.05, 3.63) is 33.5 Å². The Balaban J connectivity index is 3.12. The molecule has 1 aromatic carbocycles. The first-order chi connectivity index (χ1) is 6.93. The molecule has 15 heavy (non-hydrogen) atoms. The van der Waals surface area contributed by atoms with Gasteiger partial charge in [-0.2, -0.15) is 0 Å². The number of rotatable bonds is 3. The first kappa shape index (κ1) is 12.2. The van der Waals surface area contributed by atoms with Crippen molar-refractivity contribution in [3.63, 3.8) is 0 Å². The number of hydrogen-bond donors (Lipinski definition) is 1. The van der Waals surface area contributed by atoms with Crippen molar-refractivity contribution in [1.29, 1.82) is 0 Å². The number of carboxylic acids is 1. The first-order valence-electron chi connectivity index (χ1n) is 4.59. The summed E-state index contributed by atoms with van der Waals surface area (Å²) in [5, 5.41) is 8.66. The minimum absolute atomic E-state index is 0.0613. The molecule has 82 valence electrons. The van der Waals surface area contributed by atoms with E-state index in [0.29, 0.717) is 5.56 Å². The van der Waals surface area contributed by atoms with Crippen LogP contribution in [0.3, 0.4) is 0 Å². The maximum absolute atomic E-state index is 13.5. The minimum Gasteiger partial charge on any atom is -0.481 e. The van der Waals surface area contributed by atoms with Gasteiger partial charge < -0.3 is 5.11 Å². The second-order valence-electron chi connectivity index (χ2n) is 3.57. The van der Waals surface area contributed by atoms with Gasteiger partial charge in [-0.1, -0.05) is 22.9 Å². The van der Waals surface area contributed by atoms with E-state index in [1.54, 1.807) is 19.9 Å². The minimum atomic E-state index is -0.915. The molecule has 0 radical (unpaired) electrons. The average molecular weight is 275 g/mol. The highest BCUT2D eigenvalue weighted by Crippen LogP contribution is 2.30. The fraction of sp³-hybridized carbons (Fsp3) is 0.364. The Morgan fingerprint density at radius 1 is 1.60 bits per heavy atom. The zero-order valence-corrected chi connectivity index (χ0v) is 10.1. The van der Waals surface area contributed by atoms with Gasteiger partial charge in [0.2, 0.25) is 0 Å². The van der Waals surface area contributed by atoms with Crippen LogP contribution in [0.5, 0.6) is 0 Å². The molecular weight excluding hydrogens is 263 g/mol. The summed E-state index contributed by atoms with van der Waals surface area (Å²) in [6, 6.07) is 2.98. The maximum atomic E-state index is 13.5. The predicted molar refractivity (Wildman–Crippen MR) is 59.5 cm³/mol. The lowest BCUT2D eigenvalue weighted by Crippen LogP contribution is -2.07. The summed E-state index contributed by atoms with van der Waals surface area (Å²) in [6.45, 7) is 3.49. The summed E-state index contributed by atoms with van der Waals surface area (Å²) in [4.78, 5) is 10.6. The van der Waals surface area contributed by atoms with Crippen molar-refractivity contribution in [3.8, 4) is 0 Å². The topological polar surface area (TPSA) is 37.3 Å². The molecule has 1 aromatic rings. The molecule has 1 atom stereocenters. The lowest BCUT2D eigenvalue weighted by atomic mass is 9.93. The third-order valence-corrected chi connectivity index (χ3v) is 3.23. The van der Waals surface area contributed by atoms with E-state index in [1.165, 1.54) is 6.07 Å².